The van der Waals surface area contributed by atoms with Crippen molar-refractivity contribution in [1.82, 2.24) is 4.98 Å². The predicted molar refractivity (Wildman–Crippen MR) is 61.5 cm³/mol. The third kappa shape index (κ3) is 2.15. The summed E-state index contributed by atoms with van der Waals surface area (Å²) in [5, 5.41) is 8.92. The van der Waals surface area contributed by atoms with Gasteiger partial charge in [-0.2, -0.15) is 0 Å². The molecule has 4 nitrogen and oxygen atoms in total. The summed E-state index contributed by atoms with van der Waals surface area (Å²) in [4.78, 5) is 17.4. The molecule has 0 aromatic carbocycles. The Morgan fingerprint density at radius 2 is 2.19 bits per heavy atom. The highest BCUT2D eigenvalue weighted by molar-refractivity contribution is 5.70. The van der Waals surface area contributed by atoms with Crippen LogP contribution in [0, 0.1) is 12.8 Å². The molecule has 2 rings (SSSR count). The van der Waals surface area contributed by atoms with Gasteiger partial charge in [0.05, 0.1) is 5.92 Å². The zero-order chi connectivity index (χ0) is 11.5. The first-order valence-corrected chi connectivity index (χ1v) is 5.58. The molecule has 0 radical (unpaired) electrons. The molecule has 0 aliphatic carbocycles. The lowest BCUT2D eigenvalue weighted by Gasteiger charge is -2.31. The fourth-order valence-electron chi connectivity index (χ4n) is 2.15. The van der Waals surface area contributed by atoms with Crippen LogP contribution in [0.2, 0.25) is 0 Å². The van der Waals surface area contributed by atoms with Crippen LogP contribution >= 0.6 is 0 Å². The maximum absolute atomic E-state index is 10.8. The number of aliphatic carboxylic acids is 1. The number of hydrogen-bond acceptors (Lipinski definition) is 3. The molecule has 4 heteroatoms. The van der Waals surface area contributed by atoms with Gasteiger partial charge in [-0.15, -0.1) is 0 Å². The maximum Gasteiger partial charge on any atom is 0.306 e. The lowest BCUT2D eigenvalue weighted by molar-refractivity contribution is -0.142. The molecule has 1 fully saturated rings. The van der Waals surface area contributed by atoms with Crippen molar-refractivity contribution in [2.24, 2.45) is 5.92 Å². The fraction of sp³-hybridized carbons (Fsp3) is 0.500. The molecule has 0 spiro atoms. The summed E-state index contributed by atoms with van der Waals surface area (Å²) >= 11 is 0. The van der Waals surface area contributed by atoms with E-state index in [1.54, 1.807) is 6.20 Å². The lowest BCUT2D eigenvalue weighted by atomic mass is 9.97. The van der Waals surface area contributed by atoms with E-state index in [-0.39, 0.29) is 5.92 Å². The number of carboxylic acid groups (broad SMARTS) is 1. The molecular formula is C12H16N2O2. The summed E-state index contributed by atoms with van der Waals surface area (Å²) in [5.41, 5.74) is 1.15. The van der Waals surface area contributed by atoms with Gasteiger partial charge in [0.1, 0.15) is 5.82 Å². The Hall–Kier alpha value is -1.58. The van der Waals surface area contributed by atoms with Gasteiger partial charge in [-0.1, -0.05) is 6.07 Å². The van der Waals surface area contributed by atoms with Gasteiger partial charge in [0.25, 0.3) is 0 Å². The van der Waals surface area contributed by atoms with Crippen LogP contribution in [0.25, 0.3) is 0 Å². The SMILES string of the molecule is Cc1cccnc1N1CCC(C(=O)O)CC1. The number of carboxylic acids is 1. The van der Waals surface area contributed by atoms with Crippen molar-refractivity contribution in [2.75, 3.05) is 18.0 Å². The number of piperidine rings is 1. The van der Waals surface area contributed by atoms with Crippen LogP contribution in [0.5, 0.6) is 0 Å². The number of aryl methyl sites for hydroxylation is 1. The van der Waals surface area contributed by atoms with Crippen LogP contribution in [0.3, 0.4) is 0 Å². The molecule has 1 aromatic heterocycles. The topological polar surface area (TPSA) is 53.4 Å². The van der Waals surface area contributed by atoms with Crippen LogP contribution in [-0.2, 0) is 4.79 Å². The molecule has 0 atom stereocenters. The van der Waals surface area contributed by atoms with E-state index in [0.29, 0.717) is 12.8 Å². The molecule has 2 heterocycles. The Kier molecular flexibility index (Phi) is 3.08. The van der Waals surface area contributed by atoms with E-state index in [0.717, 1.165) is 24.5 Å². The van der Waals surface area contributed by atoms with E-state index in [1.807, 2.05) is 19.1 Å². The lowest BCUT2D eigenvalue weighted by Crippen LogP contribution is -2.37. The number of hydrogen-bond donors (Lipinski definition) is 1. The Balaban J connectivity index is 2.05. The summed E-state index contributed by atoms with van der Waals surface area (Å²) < 4.78 is 0. The standard InChI is InChI=1S/C12H16N2O2/c1-9-3-2-6-13-11(9)14-7-4-10(5-8-14)12(15)16/h2-3,6,10H,4-5,7-8H2,1H3,(H,15,16). The normalized spacial score (nSPS) is 17.4. The first-order chi connectivity index (χ1) is 7.68. The molecule has 86 valence electrons. The second-order valence-corrected chi connectivity index (χ2v) is 4.24. The fourth-order valence-corrected chi connectivity index (χ4v) is 2.15. The third-order valence-corrected chi connectivity index (χ3v) is 3.13. The summed E-state index contributed by atoms with van der Waals surface area (Å²) in [6, 6.07) is 3.95. The number of rotatable bonds is 2. The predicted octanol–water partition coefficient (Wildman–Crippen LogP) is 1.69. The van der Waals surface area contributed by atoms with Crippen molar-refractivity contribution >= 4 is 11.8 Å². The van der Waals surface area contributed by atoms with E-state index >= 15 is 0 Å². The van der Waals surface area contributed by atoms with Gasteiger partial charge in [0.15, 0.2) is 0 Å². The Morgan fingerprint density at radius 1 is 1.50 bits per heavy atom. The van der Waals surface area contributed by atoms with Crippen LogP contribution in [-0.4, -0.2) is 29.1 Å². The molecule has 16 heavy (non-hydrogen) atoms. The van der Waals surface area contributed by atoms with Gasteiger partial charge in [-0.05, 0) is 31.4 Å². The van der Waals surface area contributed by atoms with Gasteiger partial charge < -0.3 is 10.0 Å². The molecule has 0 amide bonds. The summed E-state index contributed by atoms with van der Waals surface area (Å²) in [6.45, 7) is 3.61. The van der Waals surface area contributed by atoms with Gasteiger partial charge in [0.2, 0.25) is 0 Å². The molecule has 1 saturated heterocycles. The zero-order valence-electron chi connectivity index (χ0n) is 9.39. The number of nitrogens with zero attached hydrogens (tertiary/aromatic N) is 2. The number of carbonyl (C=O) groups is 1. The van der Waals surface area contributed by atoms with Crippen LogP contribution in [0.4, 0.5) is 5.82 Å². The van der Waals surface area contributed by atoms with E-state index < -0.39 is 5.97 Å². The quantitative estimate of drug-likeness (QED) is 0.824. The van der Waals surface area contributed by atoms with E-state index in [1.165, 1.54) is 0 Å². The van der Waals surface area contributed by atoms with Crippen molar-refractivity contribution in [3.8, 4) is 0 Å². The van der Waals surface area contributed by atoms with Gasteiger partial charge in [-0.25, -0.2) is 4.98 Å². The molecule has 0 unspecified atom stereocenters. The molecule has 1 aliphatic rings. The van der Waals surface area contributed by atoms with Crippen molar-refractivity contribution in [1.29, 1.82) is 0 Å². The molecule has 0 saturated carbocycles. The highest BCUT2D eigenvalue weighted by Crippen LogP contribution is 2.23. The van der Waals surface area contributed by atoms with Gasteiger partial charge in [0, 0.05) is 19.3 Å². The minimum atomic E-state index is -0.669. The molecule has 1 aromatic rings. The van der Waals surface area contributed by atoms with E-state index in [2.05, 4.69) is 9.88 Å². The van der Waals surface area contributed by atoms with E-state index in [9.17, 15) is 4.79 Å². The minimum Gasteiger partial charge on any atom is -0.481 e. The first kappa shape index (κ1) is 10.9. The second kappa shape index (κ2) is 4.51. The van der Waals surface area contributed by atoms with Crippen molar-refractivity contribution in [2.45, 2.75) is 19.8 Å². The van der Waals surface area contributed by atoms with Gasteiger partial charge in [-0.3, -0.25) is 4.79 Å². The summed E-state index contributed by atoms with van der Waals surface area (Å²) in [6.07, 6.45) is 3.21. The smallest absolute Gasteiger partial charge is 0.306 e. The Labute approximate surface area is 94.9 Å². The average Bonchev–Trinajstić information content (AvgIpc) is 2.30. The third-order valence-electron chi connectivity index (χ3n) is 3.13. The minimum absolute atomic E-state index is 0.180. The van der Waals surface area contributed by atoms with Crippen molar-refractivity contribution in [3.05, 3.63) is 23.9 Å². The molecular weight excluding hydrogens is 204 g/mol. The Morgan fingerprint density at radius 3 is 2.75 bits per heavy atom. The van der Waals surface area contributed by atoms with Crippen LogP contribution in [0.15, 0.2) is 18.3 Å². The van der Waals surface area contributed by atoms with Crippen molar-refractivity contribution in [3.63, 3.8) is 0 Å². The number of pyridine rings is 1. The second-order valence-electron chi connectivity index (χ2n) is 4.24. The number of anilines is 1. The monoisotopic (exact) mass is 220 g/mol. The highest BCUT2D eigenvalue weighted by atomic mass is 16.4. The first-order valence-electron chi connectivity index (χ1n) is 5.58. The zero-order valence-corrected chi connectivity index (χ0v) is 9.39. The van der Waals surface area contributed by atoms with Gasteiger partial charge >= 0.3 is 5.97 Å². The maximum atomic E-state index is 10.8. The van der Waals surface area contributed by atoms with Crippen molar-refractivity contribution < 1.29 is 9.90 Å². The molecule has 1 aliphatic heterocycles. The summed E-state index contributed by atoms with van der Waals surface area (Å²) in [5.74, 6) is 0.143. The van der Waals surface area contributed by atoms with Crippen LogP contribution < -0.4 is 4.90 Å². The largest absolute Gasteiger partial charge is 0.481 e. The van der Waals surface area contributed by atoms with Crippen LogP contribution in [0.1, 0.15) is 18.4 Å². The summed E-state index contributed by atoms with van der Waals surface area (Å²) in [7, 11) is 0. The highest BCUT2D eigenvalue weighted by Gasteiger charge is 2.25. The Bertz CT molecular complexity index is 384. The number of aromatic nitrogens is 1. The van der Waals surface area contributed by atoms with E-state index in [4.69, 9.17) is 5.11 Å². The molecule has 1 N–H and O–H groups in total. The molecule has 0 bridgehead atoms. The average molecular weight is 220 g/mol.